The number of ether oxygens (including phenoxy) is 1. The molecule has 0 spiro atoms. The van der Waals surface area contributed by atoms with Gasteiger partial charge in [0.05, 0.1) is 19.7 Å². The molecule has 8 heteroatoms. The second kappa shape index (κ2) is 12.1. The summed E-state index contributed by atoms with van der Waals surface area (Å²) in [5.74, 6) is 0.231. The molecule has 0 aliphatic carbocycles. The highest BCUT2D eigenvalue weighted by Crippen LogP contribution is 2.31. The van der Waals surface area contributed by atoms with Crippen molar-refractivity contribution in [1.29, 1.82) is 0 Å². The molecule has 0 atom stereocenters. The van der Waals surface area contributed by atoms with Crippen molar-refractivity contribution < 1.29 is 17.9 Å². The number of amides is 1. The van der Waals surface area contributed by atoms with E-state index in [2.05, 4.69) is 29.2 Å². The van der Waals surface area contributed by atoms with Crippen molar-refractivity contribution in [3.63, 3.8) is 0 Å². The van der Waals surface area contributed by atoms with Gasteiger partial charge >= 0.3 is 0 Å². The molecule has 0 radical (unpaired) electrons. The Kier molecular flexibility index (Phi) is 8.87. The molecular weight excluding hydrogens is 498 g/mol. The lowest BCUT2D eigenvalue weighted by atomic mass is 9.96. The van der Waals surface area contributed by atoms with E-state index in [9.17, 15) is 13.2 Å². The largest absolute Gasteiger partial charge is 0.495 e. The van der Waals surface area contributed by atoms with Gasteiger partial charge in [0.2, 0.25) is 15.9 Å². The highest BCUT2D eigenvalue weighted by Gasteiger charge is 2.31. The first-order valence-electron chi connectivity index (χ1n) is 13.0. The number of carbonyl (C=O) groups excluding carboxylic acids is 1. The topological polar surface area (TPSA) is 70.2 Å². The van der Waals surface area contributed by atoms with Crippen LogP contribution >= 0.6 is 0 Å². The smallest absolute Gasteiger partial charge is 0.246 e. The van der Waals surface area contributed by atoms with E-state index in [-0.39, 0.29) is 35.1 Å². The van der Waals surface area contributed by atoms with Crippen molar-refractivity contribution in [3.05, 3.63) is 95.6 Å². The van der Waals surface area contributed by atoms with Gasteiger partial charge in [0, 0.05) is 33.2 Å². The van der Waals surface area contributed by atoms with Crippen molar-refractivity contribution in [1.82, 2.24) is 14.1 Å². The van der Waals surface area contributed by atoms with Gasteiger partial charge in [-0.1, -0.05) is 80.6 Å². The summed E-state index contributed by atoms with van der Waals surface area (Å²) < 4.78 is 33.3. The lowest BCUT2D eigenvalue weighted by Gasteiger charge is -2.40. The molecule has 0 aromatic heterocycles. The highest BCUT2D eigenvalue weighted by molar-refractivity contribution is 7.89. The number of methoxy groups -OCH3 is 1. The van der Waals surface area contributed by atoms with Crippen LogP contribution in [0, 0.1) is 0 Å². The maximum atomic E-state index is 13.4. The van der Waals surface area contributed by atoms with E-state index in [1.165, 1.54) is 25.3 Å². The van der Waals surface area contributed by atoms with E-state index in [0.29, 0.717) is 26.2 Å². The Morgan fingerprint density at radius 3 is 1.92 bits per heavy atom. The zero-order valence-electron chi connectivity index (χ0n) is 22.6. The highest BCUT2D eigenvalue weighted by atomic mass is 32.2. The van der Waals surface area contributed by atoms with Gasteiger partial charge < -0.3 is 9.64 Å². The number of nitrogens with zero attached hydrogens (tertiary/aromatic N) is 3. The van der Waals surface area contributed by atoms with E-state index in [4.69, 9.17) is 4.74 Å². The second-order valence-corrected chi connectivity index (χ2v) is 12.0. The third kappa shape index (κ3) is 6.09. The molecular formula is C30H37N3O4S. The first-order chi connectivity index (χ1) is 18.2. The predicted molar refractivity (Wildman–Crippen MR) is 150 cm³/mol. The first-order valence-corrected chi connectivity index (χ1v) is 14.4. The van der Waals surface area contributed by atoms with Gasteiger partial charge in [0.1, 0.15) is 10.6 Å². The molecule has 3 aromatic rings. The number of hydrogen-bond acceptors (Lipinski definition) is 5. The summed E-state index contributed by atoms with van der Waals surface area (Å²) >= 11 is 0. The Bertz CT molecular complexity index is 1280. The third-order valence-electron chi connectivity index (χ3n) is 7.16. The minimum Gasteiger partial charge on any atom is -0.495 e. The molecule has 4 rings (SSSR count). The summed E-state index contributed by atoms with van der Waals surface area (Å²) in [6, 6.07) is 26.1. The van der Waals surface area contributed by atoms with Crippen molar-refractivity contribution >= 4 is 15.9 Å². The molecule has 1 heterocycles. The Balaban J connectivity index is 1.45. The number of rotatable bonds is 9. The molecule has 202 valence electrons. The predicted octanol–water partition coefficient (Wildman–Crippen LogP) is 4.37. The maximum absolute atomic E-state index is 13.4. The Labute approximate surface area is 226 Å². The van der Waals surface area contributed by atoms with Crippen LogP contribution < -0.4 is 4.74 Å². The number of benzene rings is 3. The maximum Gasteiger partial charge on any atom is 0.246 e. The minimum atomic E-state index is -3.92. The average molecular weight is 536 g/mol. The lowest BCUT2D eigenvalue weighted by molar-refractivity contribution is -0.133. The SMILES string of the molecule is COc1ccc(C(C)C)cc1S(=O)(=O)N(C)CC(=O)N1CCN(C(c2ccccc2)c2ccccc2)CC1. The Morgan fingerprint density at radius 2 is 1.42 bits per heavy atom. The number of piperazine rings is 1. The third-order valence-corrected chi connectivity index (χ3v) is 8.99. The fourth-order valence-corrected chi connectivity index (χ4v) is 6.22. The van der Waals surface area contributed by atoms with Crippen LogP contribution in [0.2, 0.25) is 0 Å². The van der Waals surface area contributed by atoms with Crippen LogP contribution in [0.25, 0.3) is 0 Å². The number of hydrogen-bond donors (Lipinski definition) is 0. The fourth-order valence-electron chi connectivity index (χ4n) is 4.91. The normalized spacial score (nSPS) is 14.9. The molecule has 38 heavy (non-hydrogen) atoms. The summed E-state index contributed by atoms with van der Waals surface area (Å²) in [7, 11) is -1.02. The van der Waals surface area contributed by atoms with E-state index in [0.717, 1.165) is 9.87 Å². The number of carbonyl (C=O) groups is 1. The summed E-state index contributed by atoms with van der Waals surface area (Å²) in [5.41, 5.74) is 3.32. The van der Waals surface area contributed by atoms with E-state index < -0.39 is 10.0 Å². The monoisotopic (exact) mass is 535 g/mol. The first kappa shape index (κ1) is 27.8. The molecule has 0 unspecified atom stereocenters. The van der Waals surface area contributed by atoms with Crippen LogP contribution in [0.4, 0.5) is 0 Å². The van der Waals surface area contributed by atoms with Gasteiger partial charge in [0.15, 0.2) is 0 Å². The van der Waals surface area contributed by atoms with Crippen LogP contribution in [0.3, 0.4) is 0 Å². The fraction of sp³-hybridized carbons (Fsp3) is 0.367. The van der Waals surface area contributed by atoms with Crippen molar-refractivity contribution in [2.24, 2.45) is 0 Å². The average Bonchev–Trinajstić information content (AvgIpc) is 2.94. The Hall–Kier alpha value is -3.20. The molecule has 0 N–H and O–H groups in total. The van der Waals surface area contributed by atoms with Crippen LogP contribution in [0.5, 0.6) is 5.75 Å². The molecule has 3 aromatic carbocycles. The second-order valence-electron chi connectivity index (χ2n) is 9.97. The van der Waals surface area contributed by atoms with Crippen molar-refractivity contribution in [2.45, 2.75) is 30.7 Å². The van der Waals surface area contributed by atoms with Gasteiger partial charge in [-0.15, -0.1) is 0 Å². The van der Waals surface area contributed by atoms with Crippen molar-refractivity contribution in [2.75, 3.05) is 46.9 Å². The summed E-state index contributed by atoms with van der Waals surface area (Å²) in [5, 5.41) is 0. The van der Waals surface area contributed by atoms with Gasteiger partial charge in [0.25, 0.3) is 0 Å². The molecule has 1 fully saturated rings. The molecule has 0 bridgehead atoms. The van der Waals surface area contributed by atoms with Gasteiger partial charge in [-0.05, 0) is 34.7 Å². The molecule has 7 nitrogen and oxygen atoms in total. The standard InChI is InChI=1S/C30H37N3O4S/c1-23(2)26-15-16-27(37-4)28(21-26)38(35,36)31(3)22-29(34)32-17-19-33(20-18-32)30(24-11-7-5-8-12-24)25-13-9-6-10-14-25/h5-16,21,23,30H,17-20,22H2,1-4H3. The van der Waals surface area contributed by atoms with Crippen molar-refractivity contribution in [3.8, 4) is 5.75 Å². The molecule has 1 aliphatic heterocycles. The van der Waals surface area contributed by atoms with E-state index in [1.807, 2.05) is 56.3 Å². The number of likely N-dealkylation sites (N-methyl/N-ethyl adjacent to an activating group) is 1. The van der Waals surface area contributed by atoms with Gasteiger partial charge in [-0.3, -0.25) is 9.69 Å². The van der Waals surface area contributed by atoms with Crippen LogP contribution in [-0.2, 0) is 14.8 Å². The number of sulfonamides is 1. The van der Waals surface area contributed by atoms with Gasteiger partial charge in [-0.2, -0.15) is 4.31 Å². The molecule has 1 saturated heterocycles. The molecule has 1 amide bonds. The zero-order chi connectivity index (χ0) is 27.3. The van der Waals surface area contributed by atoms with E-state index in [1.54, 1.807) is 17.0 Å². The van der Waals surface area contributed by atoms with Crippen LogP contribution in [0.1, 0.15) is 42.5 Å². The Morgan fingerprint density at radius 1 is 0.868 bits per heavy atom. The molecule has 0 saturated carbocycles. The van der Waals surface area contributed by atoms with Crippen LogP contribution in [-0.4, -0.2) is 75.3 Å². The van der Waals surface area contributed by atoms with E-state index >= 15 is 0 Å². The quantitative estimate of drug-likeness (QED) is 0.407. The molecule has 1 aliphatic rings. The zero-order valence-corrected chi connectivity index (χ0v) is 23.4. The summed E-state index contributed by atoms with van der Waals surface area (Å²) in [6.07, 6.45) is 0. The summed E-state index contributed by atoms with van der Waals surface area (Å²) in [6.45, 7) is 6.25. The lowest BCUT2D eigenvalue weighted by Crippen LogP contribution is -2.52. The van der Waals surface area contributed by atoms with Crippen LogP contribution in [0.15, 0.2) is 83.8 Å². The minimum absolute atomic E-state index is 0.0832. The summed E-state index contributed by atoms with van der Waals surface area (Å²) in [4.78, 5) is 17.4. The van der Waals surface area contributed by atoms with Gasteiger partial charge in [-0.25, -0.2) is 8.42 Å².